The van der Waals surface area contributed by atoms with E-state index < -0.39 is 0 Å². The molecule has 0 radical (unpaired) electrons. The zero-order valence-electron chi connectivity index (χ0n) is 11.1. The molecule has 1 saturated heterocycles. The fourth-order valence-electron chi connectivity index (χ4n) is 4.71. The Kier molecular flexibility index (Phi) is 2.38. The summed E-state index contributed by atoms with van der Waals surface area (Å²) in [7, 11) is 0. The molecule has 0 aromatic carbocycles. The molecule has 2 heteroatoms. The van der Waals surface area contributed by atoms with E-state index in [1.165, 1.54) is 45.4 Å². The van der Waals surface area contributed by atoms with Crippen molar-refractivity contribution in [3.8, 4) is 0 Å². The Morgan fingerprint density at radius 2 is 1.81 bits per heavy atom. The van der Waals surface area contributed by atoms with E-state index in [1.54, 1.807) is 0 Å². The van der Waals surface area contributed by atoms with Gasteiger partial charge >= 0.3 is 0 Å². The van der Waals surface area contributed by atoms with Crippen molar-refractivity contribution in [2.24, 2.45) is 16.7 Å². The van der Waals surface area contributed by atoms with E-state index in [1.807, 2.05) is 0 Å². The summed E-state index contributed by atoms with van der Waals surface area (Å²) in [4.78, 5) is 2.78. The number of rotatable bonds is 1. The standard InChI is InChI=1S/C14H26N2/c1-13(2)11-4-5-14(13,3)12(10-11)16-8-6-15-7-9-16/h11-12,15H,4-10H2,1-3H3/t11-,12-,14-/m0/s1. The fraction of sp³-hybridized carbons (Fsp3) is 1.00. The van der Waals surface area contributed by atoms with Crippen molar-refractivity contribution >= 4 is 0 Å². The minimum absolute atomic E-state index is 0.572. The van der Waals surface area contributed by atoms with E-state index in [4.69, 9.17) is 0 Å². The number of nitrogens with zero attached hydrogens (tertiary/aromatic N) is 1. The number of hydrogen-bond acceptors (Lipinski definition) is 2. The minimum atomic E-state index is 0.572. The van der Waals surface area contributed by atoms with Crippen LogP contribution in [-0.4, -0.2) is 37.1 Å². The monoisotopic (exact) mass is 222 g/mol. The van der Waals surface area contributed by atoms with Crippen molar-refractivity contribution < 1.29 is 0 Å². The number of fused-ring (bicyclic) bond motifs is 2. The van der Waals surface area contributed by atoms with E-state index >= 15 is 0 Å². The van der Waals surface area contributed by atoms with Crippen LogP contribution in [0.5, 0.6) is 0 Å². The molecule has 0 aromatic heterocycles. The van der Waals surface area contributed by atoms with E-state index in [-0.39, 0.29) is 0 Å². The molecule has 1 N–H and O–H groups in total. The molecule has 1 heterocycles. The largest absolute Gasteiger partial charge is 0.314 e. The Bertz CT molecular complexity index is 280. The molecule has 3 atom stereocenters. The summed E-state index contributed by atoms with van der Waals surface area (Å²) < 4.78 is 0. The molecule has 16 heavy (non-hydrogen) atoms. The summed E-state index contributed by atoms with van der Waals surface area (Å²) >= 11 is 0. The fourth-order valence-corrected chi connectivity index (χ4v) is 4.71. The van der Waals surface area contributed by atoms with Gasteiger partial charge in [-0.25, -0.2) is 0 Å². The van der Waals surface area contributed by atoms with Crippen molar-refractivity contribution in [2.75, 3.05) is 26.2 Å². The van der Waals surface area contributed by atoms with Gasteiger partial charge < -0.3 is 5.32 Å². The Hall–Kier alpha value is -0.0800. The van der Waals surface area contributed by atoms with Crippen molar-refractivity contribution in [3.63, 3.8) is 0 Å². The Labute approximate surface area is 99.8 Å². The van der Waals surface area contributed by atoms with Crippen LogP contribution in [0.15, 0.2) is 0 Å². The average molecular weight is 222 g/mol. The van der Waals surface area contributed by atoms with Gasteiger partial charge in [-0.05, 0) is 36.0 Å². The van der Waals surface area contributed by atoms with Gasteiger partial charge in [0.2, 0.25) is 0 Å². The minimum Gasteiger partial charge on any atom is -0.314 e. The van der Waals surface area contributed by atoms with Crippen LogP contribution < -0.4 is 5.32 Å². The van der Waals surface area contributed by atoms with Crippen molar-refractivity contribution in [1.82, 2.24) is 10.2 Å². The summed E-state index contributed by atoms with van der Waals surface area (Å²) in [6.45, 7) is 12.5. The van der Waals surface area contributed by atoms with E-state index in [9.17, 15) is 0 Å². The van der Waals surface area contributed by atoms with Crippen LogP contribution >= 0.6 is 0 Å². The maximum Gasteiger partial charge on any atom is 0.0158 e. The highest BCUT2D eigenvalue weighted by atomic mass is 15.2. The molecule has 3 aliphatic rings. The average Bonchev–Trinajstić information content (AvgIpc) is 2.62. The molecule has 1 aliphatic heterocycles. The first-order valence-electron chi connectivity index (χ1n) is 7.00. The van der Waals surface area contributed by atoms with Crippen LogP contribution in [0.25, 0.3) is 0 Å². The quantitative estimate of drug-likeness (QED) is 0.731. The lowest BCUT2D eigenvalue weighted by Crippen LogP contribution is -2.54. The SMILES string of the molecule is CC1(C)[C@H]2CC[C@@]1(C)[C@@H](N1CCNCC1)C2. The van der Waals surface area contributed by atoms with Gasteiger partial charge in [0.15, 0.2) is 0 Å². The normalized spacial score (nSPS) is 47.4. The lowest BCUT2D eigenvalue weighted by Gasteiger charge is -2.46. The van der Waals surface area contributed by atoms with Crippen LogP contribution in [0.4, 0.5) is 0 Å². The highest BCUT2D eigenvalue weighted by Crippen LogP contribution is 2.66. The van der Waals surface area contributed by atoms with Crippen LogP contribution in [0.1, 0.15) is 40.0 Å². The highest BCUT2D eigenvalue weighted by molar-refractivity contribution is 5.13. The van der Waals surface area contributed by atoms with Gasteiger partial charge in [-0.2, -0.15) is 0 Å². The predicted octanol–water partition coefficient (Wildman–Crippen LogP) is 2.11. The molecule has 0 amide bonds. The van der Waals surface area contributed by atoms with Gasteiger partial charge in [0.05, 0.1) is 0 Å². The van der Waals surface area contributed by atoms with E-state index in [0.29, 0.717) is 10.8 Å². The number of nitrogens with one attached hydrogen (secondary N) is 1. The van der Waals surface area contributed by atoms with Crippen LogP contribution in [0, 0.1) is 16.7 Å². The molecular formula is C14H26N2. The van der Waals surface area contributed by atoms with E-state index in [2.05, 4.69) is 31.0 Å². The van der Waals surface area contributed by atoms with E-state index in [0.717, 1.165) is 12.0 Å². The Balaban J connectivity index is 1.83. The molecule has 3 rings (SSSR count). The van der Waals surface area contributed by atoms with Gasteiger partial charge in [-0.15, -0.1) is 0 Å². The highest BCUT2D eigenvalue weighted by Gasteiger charge is 2.62. The first-order chi connectivity index (χ1) is 7.56. The zero-order valence-corrected chi connectivity index (χ0v) is 11.1. The molecule has 2 saturated carbocycles. The van der Waals surface area contributed by atoms with Gasteiger partial charge in [-0.3, -0.25) is 4.90 Å². The van der Waals surface area contributed by atoms with Crippen LogP contribution in [0.2, 0.25) is 0 Å². The summed E-state index contributed by atoms with van der Waals surface area (Å²) in [6.07, 6.45) is 4.40. The third-order valence-corrected chi connectivity index (χ3v) is 6.34. The van der Waals surface area contributed by atoms with Gasteiger partial charge in [0, 0.05) is 32.2 Å². The lowest BCUT2D eigenvalue weighted by molar-refractivity contribution is 0.0363. The molecular weight excluding hydrogens is 196 g/mol. The molecule has 92 valence electrons. The Morgan fingerprint density at radius 1 is 1.12 bits per heavy atom. The summed E-state index contributed by atoms with van der Waals surface area (Å²) in [6, 6.07) is 0.864. The molecule has 2 aliphatic carbocycles. The summed E-state index contributed by atoms with van der Waals surface area (Å²) in [5.41, 5.74) is 1.15. The second-order valence-corrected chi connectivity index (χ2v) is 6.91. The van der Waals surface area contributed by atoms with Crippen LogP contribution in [-0.2, 0) is 0 Å². The summed E-state index contributed by atoms with van der Waals surface area (Å²) in [5.74, 6) is 0.984. The number of piperazine rings is 1. The van der Waals surface area contributed by atoms with Crippen molar-refractivity contribution in [2.45, 2.75) is 46.1 Å². The second-order valence-electron chi connectivity index (χ2n) is 6.91. The maximum absolute atomic E-state index is 3.47. The Morgan fingerprint density at radius 3 is 2.31 bits per heavy atom. The van der Waals surface area contributed by atoms with Gasteiger partial charge in [0.25, 0.3) is 0 Å². The third-order valence-electron chi connectivity index (χ3n) is 6.34. The van der Waals surface area contributed by atoms with Gasteiger partial charge in [-0.1, -0.05) is 20.8 Å². The molecule has 0 spiro atoms. The third kappa shape index (κ3) is 1.26. The molecule has 2 bridgehead atoms. The smallest absolute Gasteiger partial charge is 0.0158 e. The first kappa shape index (κ1) is 11.0. The second kappa shape index (κ2) is 3.46. The summed E-state index contributed by atoms with van der Waals surface area (Å²) in [5, 5.41) is 3.47. The van der Waals surface area contributed by atoms with Crippen molar-refractivity contribution in [1.29, 1.82) is 0 Å². The zero-order chi connectivity index (χ0) is 11.4. The molecule has 3 fully saturated rings. The lowest BCUT2D eigenvalue weighted by atomic mass is 9.68. The first-order valence-corrected chi connectivity index (χ1v) is 7.00. The molecule has 0 aromatic rings. The number of hydrogen-bond donors (Lipinski definition) is 1. The van der Waals surface area contributed by atoms with Crippen LogP contribution in [0.3, 0.4) is 0 Å². The molecule has 0 unspecified atom stereocenters. The maximum atomic E-state index is 3.47. The van der Waals surface area contributed by atoms with Crippen molar-refractivity contribution in [3.05, 3.63) is 0 Å². The predicted molar refractivity (Wildman–Crippen MR) is 67.5 cm³/mol. The topological polar surface area (TPSA) is 15.3 Å². The van der Waals surface area contributed by atoms with Gasteiger partial charge in [0.1, 0.15) is 0 Å². The molecule has 2 nitrogen and oxygen atoms in total.